The van der Waals surface area contributed by atoms with Crippen molar-refractivity contribution in [2.24, 2.45) is 0 Å². The number of anilines is 1. The number of benzene rings is 2. The number of nitrogens with zero attached hydrogens (tertiary/aromatic N) is 1. The molecule has 33 heavy (non-hydrogen) atoms. The first kappa shape index (κ1) is 22.6. The second kappa shape index (κ2) is 9.90. The normalized spacial score (nSPS) is 14.6. The zero-order chi connectivity index (χ0) is 23.4. The van der Waals surface area contributed by atoms with E-state index in [9.17, 15) is 14.0 Å². The average Bonchev–Trinajstić information content (AvgIpc) is 3.54. The van der Waals surface area contributed by atoms with Gasteiger partial charge in [0.1, 0.15) is 17.6 Å². The van der Waals surface area contributed by atoms with E-state index in [1.54, 1.807) is 56.5 Å². The summed E-state index contributed by atoms with van der Waals surface area (Å²) >= 11 is 0. The van der Waals surface area contributed by atoms with Crippen LogP contribution in [0.3, 0.4) is 0 Å². The molecular weight excluding hydrogens is 423 g/mol. The van der Waals surface area contributed by atoms with Crippen LogP contribution in [0.5, 0.6) is 5.75 Å². The molecule has 2 amide bonds. The Labute approximate surface area is 192 Å². The van der Waals surface area contributed by atoms with Crippen LogP contribution in [0.25, 0.3) is 0 Å². The van der Waals surface area contributed by atoms with Gasteiger partial charge in [-0.05, 0) is 67.3 Å². The predicted molar refractivity (Wildman–Crippen MR) is 123 cm³/mol. The molecule has 6 nitrogen and oxygen atoms in total. The van der Waals surface area contributed by atoms with Gasteiger partial charge >= 0.3 is 0 Å². The summed E-state index contributed by atoms with van der Waals surface area (Å²) in [5, 5.41) is 3.09. The van der Waals surface area contributed by atoms with Crippen molar-refractivity contribution in [3.63, 3.8) is 0 Å². The average molecular weight is 451 g/mol. The number of rotatable bonds is 7. The molecular formula is C26H27FN2O4. The van der Waals surface area contributed by atoms with Gasteiger partial charge in [0.05, 0.1) is 13.4 Å². The van der Waals surface area contributed by atoms with E-state index in [2.05, 4.69) is 5.32 Å². The summed E-state index contributed by atoms with van der Waals surface area (Å²) in [6, 6.07) is 13.6. The first-order valence-electron chi connectivity index (χ1n) is 11.1. The van der Waals surface area contributed by atoms with E-state index in [1.807, 2.05) is 0 Å². The van der Waals surface area contributed by atoms with E-state index < -0.39 is 17.8 Å². The Morgan fingerprint density at radius 2 is 1.85 bits per heavy atom. The highest BCUT2D eigenvalue weighted by molar-refractivity contribution is 6.08. The number of aryl methyl sites for hydroxylation is 1. The van der Waals surface area contributed by atoms with Gasteiger partial charge in [-0.3, -0.25) is 14.5 Å². The summed E-state index contributed by atoms with van der Waals surface area (Å²) < 4.78 is 25.2. The lowest BCUT2D eigenvalue weighted by molar-refractivity contribution is -0.123. The summed E-state index contributed by atoms with van der Waals surface area (Å²) in [7, 11) is 1.56. The molecule has 1 saturated carbocycles. The summed E-state index contributed by atoms with van der Waals surface area (Å²) in [6.07, 6.45) is 5.29. The first-order valence-corrected chi connectivity index (χ1v) is 11.1. The third-order valence-electron chi connectivity index (χ3n) is 6.02. The van der Waals surface area contributed by atoms with Crippen molar-refractivity contribution >= 4 is 17.5 Å². The highest BCUT2D eigenvalue weighted by Crippen LogP contribution is 2.32. The Kier molecular flexibility index (Phi) is 6.77. The lowest BCUT2D eigenvalue weighted by Gasteiger charge is -2.32. The van der Waals surface area contributed by atoms with Crippen LogP contribution in [0.4, 0.5) is 10.1 Å². The summed E-state index contributed by atoms with van der Waals surface area (Å²) in [5.41, 5.74) is 1.29. The van der Waals surface area contributed by atoms with Gasteiger partial charge in [-0.2, -0.15) is 0 Å². The van der Waals surface area contributed by atoms with Crippen LogP contribution in [-0.4, -0.2) is 25.0 Å². The molecule has 0 saturated heterocycles. The van der Waals surface area contributed by atoms with Gasteiger partial charge in [0, 0.05) is 11.7 Å². The Hall–Kier alpha value is -3.61. The second-order valence-electron chi connectivity index (χ2n) is 8.25. The largest absolute Gasteiger partial charge is 0.497 e. The number of halogens is 1. The number of carbonyl (C=O) groups is 2. The number of carbonyl (C=O) groups excluding carboxylic acids is 2. The number of hydrogen-bond acceptors (Lipinski definition) is 4. The molecule has 0 radical (unpaired) electrons. The van der Waals surface area contributed by atoms with Crippen LogP contribution in [0.1, 0.15) is 53.4 Å². The number of methoxy groups -OCH3 is 1. The lowest BCUT2D eigenvalue weighted by atomic mass is 10.0. The van der Waals surface area contributed by atoms with Crippen LogP contribution in [0.15, 0.2) is 65.3 Å². The lowest BCUT2D eigenvalue weighted by Crippen LogP contribution is -2.46. The summed E-state index contributed by atoms with van der Waals surface area (Å²) in [5.74, 6) is -0.643. The van der Waals surface area contributed by atoms with Crippen molar-refractivity contribution in [2.45, 2.75) is 44.7 Å². The molecule has 0 spiro atoms. The van der Waals surface area contributed by atoms with Gasteiger partial charge in [-0.25, -0.2) is 4.39 Å². The van der Waals surface area contributed by atoms with Gasteiger partial charge in [0.15, 0.2) is 5.76 Å². The van der Waals surface area contributed by atoms with Crippen LogP contribution >= 0.6 is 0 Å². The summed E-state index contributed by atoms with van der Waals surface area (Å²) in [6.45, 7) is 1.64. The Morgan fingerprint density at radius 1 is 1.12 bits per heavy atom. The smallest absolute Gasteiger partial charge is 0.294 e. The predicted octanol–water partition coefficient (Wildman–Crippen LogP) is 5.18. The van der Waals surface area contributed by atoms with Crippen LogP contribution in [-0.2, 0) is 4.79 Å². The van der Waals surface area contributed by atoms with E-state index in [0.717, 1.165) is 25.7 Å². The molecule has 0 unspecified atom stereocenters. The first-order chi connectivity index (χ1) is 16.0. The van der Waals surface area contributed by atoms with Gasteiger partial charge in [0.2, 0.25) is 5.91 Å². The molecule has 3 aromatic rings. The quantitative estimate of drug-likeness (QED) is 0.538. The standard InChI is InChI=1S/C26H27FN2O4/c1-17-9-12-20(16-22(17)27)29(26(31)23-8-5-15-33-23)24(18-10-13-21(32-2)14-11-18)25(30)28-19-6-3-4-7-19/h5,8-16,19,24H,3-4,6-7H2,1-2H3,(H,28,30)/t24-/m0/s1. The molecule has 1 atom stereocenters. The zero-order valence-electron chi connectivity index (χ0n) is 18.7. The molecule has 1 aliphatic rings. The second-order valence-corrected chi connectivity index (χ2v) is 8.25. The molecule has 0 aliphatic heterocycles. The molecule has 1 aliphatic carbocycles. The number of hydrogen-bond donors (Lipinski definition) is 1. The van der Waals surface area contributed by atoms with E-state index in [1.165, 1.54) is 23.3 Å². The van der Waals surface area contributed by atoms with Crippen LogP contribution < -0.4 is 15.0 Å². The number of ether oxygens (including phenoxy) is 1. The van der Waals surface area contributed by atoms with Gasteiger partial charge < -0.3 is 14.5 Å². The third kappa shape index (κ3) is 4.92. The highest BCUT2D eigenvalue weighted by atomic mass is 19.1. The van der Waals surface area contributed by atoms with Crippen molar-refractivity contribution in [2.75, 3.05) is 12.0 Å². The molecule has 4 rings (SSSR count). The van der Waals surface area contributed by atoms with Crippen molar-refractivity contribution < 1.29 is 23.1 Å². The van der Waals surface area contributed by atoms with Crippen LogP contribution in [0.2, 0.25) is 0 Å². The summed E-state index contributed by atoms with van der Waals surface area (Å²) in [4.78, 5) is 28.5. The minimum Gasteiger partial charge on any atom is -0.497 e. The van der Waals surface area contributed by atoms with Crippen LogP contribution in [0, 0.1) is 12.7 Å². The minimum absolute atomic E-state index is 0.0496. The molecule has 1 N–H and O–H groups in total. The van der Waals surface area contributed by atoms with Crippen molar-refractivity contribution in [3.8, 4) is 5.75 Å². The third-order valence-corrected chi connectivity index (χ3v) is 6.02. The topological polar surface area (TPSA) is 71.8 Å². The molecule has 1 heterocycles. The molecule has 0 bridgehead atoms. The van der Waals surface area contributed by atoms with Gasteiger partial charge in [-0.15, -0.1) is 0 Å². The fourth-order valence-electron chi connectivity index (χ4n) is 4.19. The van der Waals surface area contributed by atoms with E-state index in [-0.39, 0.29) is 23.4 Å². The molecule has 172 valence electrons. The minimum atomic E-state index is -1.03. The maximum Gasteiger partial charge on any atom is 0.294 e. The number of furan rings is 1. The maximum absolute atomic E-state index is 14.6. The van der Waals surface area contributed by atoms with E-state index in [0.29, 0.717) is 16.9 Å². The Balaban J connectivity index is 1.82. The van der Waals surface area contributed by atoms with E-state index >= 15 is 0 Å². The van der Waals surface area contributed by atoms with Gasteiger partial charge in [-0.1, -0.05) is 31.0 Å². The zero-order valence-corrected chi connectivity index (χ0v) is 18.7. The monoisotopic (exact) mass is 450 g/mol. The van der Waals surface area contributed by atoms with Crippen molar-refractivity contribution in [1.82, 2.24) is 5.32 Å². The van der Waals surface area contributed by atoms with Crippen molar-refractivity contribution in [1.29, 1.82) is 0 Å². The fourth-order valence-corrected chi connectivity index (χ4v) is 4.19. The maximum atomic E-state index is 14.6. The molecule has 7 heteroatoms. The number of amides is 2. The fraction of sp³-hybridized carbons (Fsp3) is 0.308. The van der Waals surface area contributed by atoms with E-state index in [4.69, 9.17) is 9.15 Å². The van der Waals surface area contributed by atoms with Crippen molar-refractivity contribution in [3.05, 3.63) is 83.6 Å². The molecule has 2 aromatic carbocycles. The number of nitrogens with one attached hydrogen (secondary N) is 1. The molecule has 1 aromatic heterocycles. The Morgan fingerprint density at radius 3 is 2.45 bits per heavy atom. The SMILES string of the molecule is COc1ccc([C@@H](C(=O)NC2CCCC2)N(C(=O)c2ccco2)c2ccc(C)c(F)c2)cc1. The van der Waals surface area contributed by atoms with Gasteiger partial charge in [0.25, 0.3) is 5.91 Å². The molecule has 1 fully saturated rings. The Bertz CT molecular complexity index is 1110. The highest BCUT2D eigenvalue weighted by Gasteiger charge is 2.36.